The molecule has 1 aromatic heterocycles. The fraction of sp³-hybridized carbons (Fsp3) is 0.267. The molecule has 0 saturated heterocycles. The summed E-state index contributed by atoms with van der Waals surface area (Å²) >= 11 is 3.30. The number of anilines is 1. The summed E-state index contributed by atoms with van der Waals surface area (Å²) in [5.41, 5.74) is 0.607. The predicted molar refractivity (Wildman–Crippen MR) is 85.1 cm³/mol. The molecule has 122 valence electrons. The predicted octanol–water partition coefficient (Wildman–Crippen LogP) is 2.69. The van der Waals surface area contributed by atoms with Crippen LogP contribution >= 0.6 is 15.9 Å². The first kappa shape index (κ1) is 17.0. The van der Waals surface area contributed by atoms with Crippen molar-refractivity contribution >= 4 is 33.5 Å². The highest BCUT2D eigenvalue weighted by Gasteiger charge is 2.18. The van der Waals surface area contributed by atoms with E-state index in [4.69, 9.17) is 14.0 Å². The summed E-state index contributed by atoms with van der Waals surface area (Å²) in [6.45, 7) is 2.82. The maximum absolute atomic E-state index is 11.9. The number of carbonyl (C=O) groups is 2. The lowest BCUT2D eigenvalue weighted by molar-refractivity contribution is -0.155. The SMILES string of the molecule is Cc1cc(OCC(=O)O[C@@H](C)C(=O)Nc2ccc(Br)cc2)no1. The van der Waals surface area contributed by atoms with E-state index in [1.807, 2.05) is 0 Å². The van der Waals surface area contributed by atoms with Gasteiger partial charge in [-0.1, -0.05) is 15.9 Å². The van der Waals surface area contributed by atoms with Crippen LogP contribution in [0.4, 0.5) is 5.69 Å². The van der Waals surface area contributed by atoms with Crippen molar-refractivity contribution in [3.8, 4) is 5.88 Å². The lowest BCUT2D eigenvalue weighted by Crippen LogP contribution is -2.31. The Kier molecular flexibility index (Phi) is 5.75. The largest absolute Gasteiger partial charge is 0.463 e. The Labute approximate surface area is 141 Å². The zero-order chi connectivity index (χ0) is 16.8. The summed E-state index contributed by atoms with van der Waals surface area (Å²) in [4.78, 5) is 23.6. The Morgan fingerprint density at radius 2 is 2.04 bits per heavy atom. The molecule has 8 heteroatoms. The van der Waals surface area contributed by atoms with Gasteiger partial charge in [0.25, 0.3) is 11.8 Å². The first-order chi connectivity index (χ1) is 10.9. The van der Waals surface area contributed by atoms with Crippen molar-refractivity contribution in [2.24, 2.45) is 0 Å². The number of nitrogens with zero attached hydrogens (tertiary/aromatic N) is 1. The molecule has 2 rings (SSSR count). The summed E-state index contributed by atoms with van der Waals surface area (Å²) in [5, 5.41) is 6.22. The Hall–Kier alpha value is -2.35. The molecule has 1 amide bonds. The van der Waals surface area contributed by atoms with Gasteiger partial charge in [-0.05, 0) is 43.3 Å². The number of rotatable bonds is 6. The summed E-state index contributed by atoms with van der Waals surface area (Å²) in [5.74, 6) is -0.357. The van der Waals surface area contributed by atoms with E-state index in [1.54, 1.807) is 31.2 Å². The van der Waals surface area contributed by atoms with E-state index in [9.17, 15) is 9.59 Å². The number of ether oxygens (including phenoxy) is 2. The fourth-order valence-electron chi connectivity index (χ4n) is 1.61. The molecule has 23 heavy (non-hydrogen) atoms. The molecule has 0 bridgehead atoms. The van der Waals surface area contributed by atoms with Crippen LogP contribution in [-0.2, 0) is 14.3 Å². The van der Waals surface area contributed by atoms with E-state index >= 15 is 0 Å². The number of aromatic nitrogens is 1. The molecular weight excluding hydrogens is 368 g/mol. The van der Waals surface area contributed by atoms with Gasteiger partial charge in [-0.3, -0.25) is 4.79 Å². The second-order valence-corrected chi connectivity index (χ2v) is 5.61. The second-order valence-electron chi connectivity index (χ2n) is 4.69. The first-order valence-corrected chi connectivity index (χ1v) is 7.55. The number of benzene rings is 1. The number of carbonyl (C=O) groups excluding carboxylic acids is 2. The minimum Gasteiger partial charge on any atom is -0.463 e. The minimum atomic E-state index is -0.950. The van der Waals surface area contributed by atoms with Crippen molar-refractivity contribution in [2.75, 3.05) is 11.9 Å². The first-order valence-electron chi connectivity index (χ1n) is 6.76. The molecule has 0 saturated carbocycles. The van der Waals surface area contributed by atoms with Crippen LogP contribution in [-0.4, -0.2) is 29.7 Å². The van der Waals surface area contributed by atoms with Gasteiger partial charge in [-0.15, -0.1) is 0 Å². The van der Waals surface area contributed by atoms with E-state index in [2.05, 4.69) is 26.4 Å². The van der Waals surface area contributed by atoms with Gasteiger partial charge in [-0.25, -0.2) is 4.79 Å². The summed E-state index contributed by atoms with van der Waals surface area (Å²) < 4.78 is 15.8. The number of esters is 1. The van der Waals surface area contributed by atoms with Gasteiger partial charge in [-0.2, -0.15) is 0 Å². The molecule has 1 aromatic carbocycles. The average molecular weight is 383 g/mol. The standard InChI is InChI=1S/C15H15BrN2O5/c1-9-7-13(18-23-9)21-8-14(19)22-10(2)15(20)17-12-5-3-11(16)4-6-12/h3-7,10H,8H2,1-2H3,(H,17,20)/t10-/m0/s1. The van der Waals surface area contributed by atoms with Crippen molar-refractivity contribution in [3.05, 3.63) is 40.6 Å². The molecule has 0 aliphatic carbocycles. The Morgan fingerprint density at radius 3 is 2.65 bits per heavy atom. The van der Waals surface area contributed by atoms with Gasteiger partial charge in [0, 0.05) is 16.2 Å². The Balaban J connectivity index is 1.78. The molecule has 0 fully saturated rings. The molecule has 1 atom stereocenters. The molecule has 0 radical (unpaired) electrons. The van der Waals surface area contributed by atoms with Crippen LogP contribution < -0.4 is 10.1 Å². The van der Waals surface area contributed by atoms with Crippen molar-refractivity contribution in [2.45, 2.75) is 20.0 Å². The minimum absolute atomic E-state index is 0.186. The fourth-order valence-corrected chi connectivity index (χ4v) is 1.87. The van der Waals surface area contributed by atoms with Gasteiger partial charge < -0.3 is 19.3 Å². The maximum Gasteiger partial charge on any atom is 0.345 e. The van der Waals surface area contributed by atoms with Crippen LogP contribution in [0.2, 0.25) is 0 Å². The number of amides is 1. The number of hydrogen-bond donors (Lipinski definition) is 1. The molecule has 0 unspecified atom stereocenters. The number of hydrogen-bond acceptors (Lipinski definition) is 6. The summed E-state index contributed by atoms with van der Waals surface area (Å²) in [6.07, 6.45) is -0.950. The number of aryl methyl sites for hydroxylation is 1. The highest BCUT2D eigenvalue weighted by molar-refractivity contribution is 9.10. The topological polar surface area (TPSA) is 90.7 Å². The van der Waals surface area contributed by atoms with Crippen molar-refractivity contribution in [1.29, 1.82) is 0 Å². The van der Waals surface area contributed by atoms with Crippen molar-refractivity contribution in [3.63, 3.8) is 0 Å². The van der Waals surface area contributed by atoms with Gasteiger partial charge in [0.15, 0.2) is 12.7 Å². The molecular formula is C15H15BrN2O5. The van der Waals surface area contributed by atoms with Crippen LogP contribution in [0.15, 0.2) is 39.3 Å². The number of halogens is 1. The smallest absolute Gasteiger partial charge is 0.345 e. The van der Waals surface area contributed by atoms with Gasteiger partial charge in [0.05, 0.1) is 0 Å². The highest BCUT2D eigenvalue weighted by Crippen LogP contribution is 2.14. The van der Waals surface area contributed by atoms with Gasteiger partial charge >= 0.3 is 5.97 Å². The molecule has 0 aliphatic rings. The molecule has 0 spiro atoms. The summed E-state index contributed by atoms with van der Waals surface area (Å²) in [6, 6.07) is 8.58. The highest BCUT2D eigenvalue weighted by atomic mass is 79.9. The normalized spacial score (nSPS) is 11.6. The van der Waals surface area contributed by atoms with Crippen LogP contribution in [0.3, 0.4) is 0 Å². The lowest BCUT2D eigenvalue weighted by atomic mass is 10.3. The zero-order valence-corrected chi connectivity index (χ0v) is 14.1. The van der Waals surface area contributed by atoms with Crippen LogP contribution in [0.1, 0.15) is 12.7 Å². The third-order valence-corrected chi connectivity index (χ3v) is 3.26. The zero-order valence-electron chi connectivity index (χ0n) is 12.5. The summed E-state index contributed by atoms with van der Waals surface area (Å²) in [7, 11) is 0. The van der Waals surface area contributed by atoms with E-state index < -0.39 is 18.0 Å². The number of nitrogens with one attached hydrogen (secondary N) is 1. The molecule has 0 aliphatic heterocycles. The van der Waals surface area contributed by atoms with Gasteiger partial charge in [0.2, 0.25) is 0 Å². The Bertz CT molecular complexity index is 683. The molecule has 2 aromatic rings. The van der Waals surface area contributed by atoms with Crippen molar-refractivity contribution < 1.29 is 23.6 Å². The van der Waals surface area contributed by atoms with E-state index in [0.29, 0.717) is 11.4 Å². The Morgan fingerprint density at radius 1 is 1.35 bits per heavy atom. The third kappa shape index (κ3) is 5.41. The monoisotopic (exact) mass is 382 g/mol. The van der Waals surface area contributed by atoms with E-state index in [1.165, 1.54) is 13.0 Å². The lowest BCUT2D eigenvalue weighted by Gasteiger charge is -2.13. The molecule has 1 N–H and O–H groups in total. The van der Waals surface area contributed by atoms with E-state index in [-0.39, 0.29) is 12.5 Å². The molecule has 7 nitrogen and oxygen atoms in total. The quantitative estimate of drug-likeness (QED) is 0.772. The van der Waals surface area contributed by atoms with Gasteiger partial charge in [0.1, 0.15) is 5.76 Å². The second kappa shape index (κ2) is 7.77. The van der Waals surface area contributed by atoms with Crippen molar-refractivity contribution in [1.82, 2.24) is 5.16 Å². The van der Waals surface area contributed by atoms with Crippen LogP contribution in [0, 0.1) is 6.92 Å². The van der Waals surface area contributed by atoms with E-state index in [0.717, 1.165) is 4.47 Å². The van der Waals surface area contributed by atoms with Crippen LogP contribution in [0.25, 0.3) is 0 Å². The third-order valence-electron chi connectivity index (χ3n) is 2.73. The van der Waals surface area contributed by atoms with Crippen LogP contribution in [0.5, 0.6) is 5.88 Å². The molecule has 1 heterocycles. The maximum atomic E-state index is 11.9. The average Bonchev–Trinajstić information content (AvgIpc) is 2.93.